The first-order valence-electron chi connectivity index (χ1n) is 8.18. The fraction of sp³-hybridized carbons (Fsp3) is 0.263. The summed E-state index contributed by atoms with van der Waals surface area (Å²) in [5, 5.41) is 13.4. The molecule has 8 heteroatoms. The van der Waals surface area contributed by atoms with E-state index in [4.69, 9.17) is 9.47 Å². The molecule has 142 valence electrons. The third-order valence-electron chi connectivity index (χ3n) is 3.80. The molecule has 0 radical (unpaired) electrons. The van der Waals surface area contributed by atoms with Crippen molar-refractivity contribution in [3.63, 3.8) is 0 Å². The summed E-state index contributed by atoms with van der Waals surface area (Å²) in [6, 6.07) is 11.2. The molecule has 0 aromatic heterocycles. The molecular formula is C19H20N2O6. The molecule has 0 fully saturated rings. The SMILES string of the molecule is COc1ccc([N+](=O)[O-])cc1NC(=O)C(C)OC(=O)Cc1ccc(C)cc1. The van der Waals surface area contributed by atoms with Crippen molar-refractivity contribution in [1.29, 1.82) is 0 Å². The van der Waals surface area contributed by atoms with Gasteiger partial charge in [-0.2, -0.15) is 0 Å². The van der Waals surface area contributed by atoms with Crippen molar-refractivity contribution < 1.29 is 24.0 Å². The van der Waals surface area contributed by atoms with Crippen molar-refractivity contribution in [3.8, 4) is 5.75 Å². The average molecular weight is 372 g/mol. The van der Waals surface area contributed by atoms with E-state index in [-0.39, 0.29) is 23.5 Å². The molecule has 0 saturated heterocycles. The third kappa shape index (κ3) is 5.53. The maximum Gasteiger partial charge on any atom is 0.311 e. The number of hydrogen-bond acceptors (Lipinski definition) is 6. The predicted octanol–water partition coefficient (Wildman–Crippen LogP) is 3.02. The Balaban J connectivity index is 2.00. The summed E-state index contributed by atoms with van der Waals surface area (Å²) < 4.78 is 10.2. The Labute approximate surface area is 156 Å². The highest BCUT2D eigenvalue weighted by Gasteiger charge is 2.21. The molecule has 1 atom stereocenters. The van der Waals surface area contributed by atoms with E-state index in [0.29, 0.717) is 0 Å². The van der Waals surface area contributed by atoms with E-state index < -0.39 is 22.9 Å². The number of amides is 1. The smallest absolute Gasteiger partial charge is 0.311 e. The first-order valence-corrected chi connectivity index (χ1v) is 8.18. The minimum Gasteiger partial charge on any atom is -0.495 e. The Bertz CT molecular complexity index is 848. The number of nitrogens with one attached hydrogen (secondary N) is 1. The Morgan fingerprint density at radius 3 is 2.44 bits per heavy atom. The number of nitrogens with zero attached hydrogens (tertiary/aromatic N) is 1. The molecule has 27 heavy (non-hydrogen) atoms. The Kier molecular flexibility index (Phi) is 6.48. The summed E-state index contributed by atoms with van der Waals surface area (Å²) in [6.07, 6.45) is -1.04. The number of methoxy groups -OCH3 is 1. The number of benzene rings is 2. The number of esters is 1. The van der Waals surface area contributed by atoms with Crippen LogP contribution < -0.4 is 10.1 Å². The van der Waals surface area contributed by atoms with Gasteiger partial charge in [0.2, 0.25) is 0 Å². The van der Waals surface area contributed by atoms with Gasteiger partial charge in [-0.15, -0.1) is 0 Å². The lowest BCUT2D eigenvalue weighted by molar-refractivity contribution is -0.384. The van der Waals surface area contributed by atoms with Crippen LogP contribution >= 0.6 is 0 Å². The molecule has 0 aliphatic rings. The van der Waals surface area contributed by atoms with Crippen molar-refractivity contribution >= 4 is 23.3 Å². The van der Waals surface area contributed by atoms with Crippen LogP contribution in [0.2, 0.25) is 0 Å². The quantitative estimate of drug-likeness (QED) is 0.455. The first-order chi connectivity index (χ1) is 12.8. The van der Waals surface area contributed by atoms with Crippen LogP contribution in [0.15, 0.2) is 42.5 Å². The van der Waals surface area contributed by atoms with Crippen LogP contribution in [-0.4, -0.2) is 30.0 Å². The summed E-state index contributed by atoms with van der Waals surface area (Å²) in [4.78, 5) is 34.6. The molecule has 0 heterocycles. The highest BCUT2D eigenvalue weighted by molar-refractivity contribution is 5.96. The second-order valence-corrected chi connectivity index (χ2v) is 5.93. The van der Waals surface area contributed by atoms with Gasteiger partial charge in [0.1, 0.15) is 5.75 Å². The van der Waals surface area contributed by atoms with Crippen molar-refractivity contribution in [2.75, 3.05) is 12.4 Å². The number of nitro benzene ring substituents is 1. The van der Waals surface area contributed by atoms with E-state index in [9.17, 15) is 19.7 Å². The largest absolute Gasteiger partial charge is 0.495 e. The van der Waals surface area contributed by atoms with Crippen LogP contribution in [0.3, 0.4) is 0 Å². The molecule has 1 unspecified atom stereocenters. The van der Waals surface area contributed by atoms with Crippen LogP contribution in [-0.2, 0) is 20.7 Å². The third-order valence-corrected chi connectivity index (χ3v) is 3.80. The fourth-order valence-electron chi connectivity index (χ4n) is 2.31. The van der Waals surface area contributed by atoms with Gasteiger partial charge in [0.25, 0.3) is 11.6 Å². The Morgan fingerprint density at radius 2 is 1.85 bits per heavy atom. The molecule has 0 aliphatic heterocycles. The lowest BCUT2D eigenvalue weighted by Gasteiger charge is -2.15. The van der Waals surface area contributed by atoms with Crippen LogP contribution in [0.5, 0.6) is 5.75 Å². The molecule has 2 aromatic rings. The molecule has 2 rings (SSSR count). The van der Waals surface area contributed by atoms with Gasteiger partial charge in [-0.25, -0.2) is 0 Å². The molecule has 0 spiro atoms. The van der Waals surface area contributed by atoms with Crippen molar-refractivity contribution in [3.05, 3.63) is 63.7 Å². The van der Waals surface area contributed by atoms with E-state index in [1.165, 1.54) is 32.2 Å². The summed E-state index contributed by atoms with van der Waals surface area (Å²) in [5.74, 6) is -0.911. The number of carbonyl (C=O) groups is 2. The molecule has 0 aliphatic carbocycles. The highest BCUT2D eigenvalue weighted by atomic mass is 16.6. The van der Waals surface area contributed by atoms with Gasteiger partial charge in [0.15, 0.2) is 6.10 Å². The molecule has 1 N–H and O–H groups in total. The molecular weight excluding hydrogens is 352 g/mol. The zero-order chi connectivity index (χ0) is 20.0. The molecule has 2 aromatic carbocycles. The van der Waals surface area contributed by atoms with Gasteiger partial charge < -0.3 is 14.8 Å². The predicted molar refractivity (Wildman–Crippen MR) is 98.7 cm³/mol. The lowest BCUT2D eigenvalue weighted by Crippen LogP contribution is -2.30. The Hall–Kier alpha value is -3.42. The molecule has 0 bridgehead atoms. The van der Waals surface area contributed by atoms with Crippen LogP contribution in [0.1, 0.15) is 18.1 Å². The fourth-order valence-corrected chi connectivity index (χ4v) is 2.31. The van der Waals surface area contributed by atoms with Gasteiger partial charge in [-0.1, -0.05) is 29.8 Å². The second kappa shape index (κ2) is 8.79. The van der Waals surface area contributed by atoms with Gasteiger partial charge >= 0.3 is 5.97 Å². The maximum absolute atomic E-state index is 12.3. The molecule has 1 amide bonds. The zero-order valence-electron chi connectivity index (χ0n) is 15.2. The van der Waals surface area contributed by atoms with Crippen LogP contribution in [0.25, 0.3) is 0 Å². The van der Waals surface area contributed by atoms with Crippen LogP contribution in [0.4, 0.5) is 11.4 Å². The molecule has 8 nitrogen and oxygen atoms in total. The Morgan fingerprint density at radius 1 is 1.19 bits per heavy atom. The number of carbonyl (C=O) groups excluding carboxylic acids is 2. The number of nitro groups is 1. The van der Waals surface area contributed by atoms with Gasteiger partial charge in [0.05, 0.1) is 24.1 Å². The number of ether oxygens (including phenoxy) is 2. The summed E-state index contributed by atoms with van der Waals surface area (Å²) in [7, 11) is 1.38. The second-order valence-electron chi connectivity index (χ2n) is 5.93. The minimum atomic E-state index is -1.08. The normalized spacial score (nSPS) is 11.4. The zero-order valence-corrected chi connectivity index (χ0v) is 15.2. The van der Waals surface area contributed by atoms with E-state index in [1.54, 1.807) is 0 Å². The lowest BCUT2D eigenvalue weighted by atomic mass is 10.1. The number of anilines is 1. The van der Waals surface area contributed by atoms with Crippen molar-refractivity contribution in [1.82, 2.24) is 0 Å². The minimum absolute atomic E-state index is 0.0397. The number of hydrogen-bond donors (Lipinski definition) is 1. The van der Waals surface area contributed by atoms with Gasteiger partial charge in [-0.05, 0) is 25.5 Å². The highest BCUT2D eigenvalue weighted by Crippen LogP contribution is 2.29. The van der Waals surface area contributed by atoms with E-state index in [1.807, 2.05) is 31.2 Å². The number of non-ortho nitro benzene ring substituents is 1. The standard InChI is InChI=1S/C19H20N2O6/c1-12-4-6-14(7-5-12)10-18(22)27-13(2)19(23)20-16-11-15(21(24)25)8-9-17(16)26-3/h4-9,11,13H,10H2,1-3H3,(H,20,23). The first kappa shape index (κ1) is 19.9. The summed E-state index contributed by atoms with van der Waals surface area (Å²) in [5.41, 5.74) is 1.78. The summed E-state index contributed by atoms with van der Waals surface area (Å²) in [6.45, 7) is 3.36. The van der Waals surface area contributed by atoms with E-state index >= 15 is 0 Å². The maximum atomic E-state index is 12.3. The van der Waals surface area contributed by atoms with Gasteiger partial charge in [-0.3, -0.25) is 19.7 Å². The topological polar surface area (TPSA) is 108 Å². The van der Waals surface area contributed by atoms with Gasteiger partial charge in [0, 0.05) is 12.1 Å². The van der Waals surface area contributed by atoms with E-state index in [2.05, 4.69) is 5.32 Å². The molecule has 0 saturated carbocycles. The summed E-state index contributed by atoms with van der Waals surface area (Å²) >= 11 is 0. The van der Waals surface area contributed by atoms with Crippen molar-refractivity contribution in [2.24, 2.45) is 0 Å². The van der Waals surface area contributed by atoms with E-state index in [0.717, 1.165) is 11.1 Å². The van der Waals surface area contributed by atoms with Crippen molar-refractivity contribution in [2.45, 2.75) is 26.4 Å². The number of aryl methyl sites for hydroxylation is 1. The van der Waals surface area contributed by atoms with Crippen LogP contribution in [0, 0.1) is 17.0 Å². The monoisotopic (exact) mass is 372 g/mol. The number of rotatable bonds is 7. The average Bonchev–Trinajstić information content (AvgIpc) is 2.63.